The first kappa shape index (κ1) is 8.41. The maximum atomic E-state index is 8.36. The lowest BCUT2D eigenvalue weighted by atomic mass is 10.2. The van der Waals surface area contributed by atoms with Gasteiger partial charge >= 0.3 is 0 Å². The van der Waals surface area contributed by atoms with E-state index in [-0.39, 0.29) is 5.92 Å². The Morgan fingerprint density at radius 1 is 1.33 bits per heavy atom. The van der Waals surface area contributed by atoms with E-state index in [0.29, 0.717) is 0 Å². The van der Waals surface area contributed by atoms with Gasteiger partial charge in [-0.25, -0.2) is 0 Å². The van der Waals surface area contributed by atoms with Crippen molar-refractivity contribution in [1.29, 1.82) is 5.26 Å². The molecule has 0 aromatic heterocycles. The number of methoxy groups -OCH3 is 2. The number of nitriles is 1. The molecule has 0 bridgehead atoms. The Morgan fingerprint density at radius 3 is 1.89 bits per heavy atom. The molecule has 0 N–H and O–H groups in total. The van der Waals surface area contributed by atoms with E-state index in [9.17, 15) is 0 Å². The normalized spacial score (nSPS) is 13.2. The first-order chi connectivity index (χ1) is 4.26. The van der Waals surface area contributed by atoms with Gasteiger partial charge in [0.1, 0.15) is 0 Å². The van der Waals surface area contributed by atoms with Crippen LogP contribution in [0, 0.1) is 17.2 Å². The predicted octanol–water partition coefficient (Wildman–Crippen LogP) is 0.765. The molecule has 0 saturated heterocycles. The van der Waals surface area contributed by atoms with Crippen molar-refractivity contribution in [2.24, 2.45) is 5.92 Å². The van der Waals surface area contributed by atoms with Crippen LogP contribution in [0.1, 0.15) is 6.92 Å². The van der Waals surface area contributed by atoms with Crippen LogP contribution >= 0.6 is 0 Å². The maximum Gasteiger partial charge on any atom is 0.172 e. The summed E-state index contributed by atoms with van der Waals surface area (Å²) >= 11 is 0. The zero-order valence-electron chi connectivity index (χ0n) is 5.92. The van der Waals surface area contributed by atoms with Gasteiger partial charge in [0.25, 0.3) is 0 Å². The highest BCUT2D eigenvalue weighted by atomic mass is 16.7. The SMILES string of the molecule is COC(OC)[C@H](C)C#N. The molecule has 0 radical (unpaired) electrons. The Hall–Kier alpha value is -0.590. The van der Waals surface area contributed by atoms with Crippen molar-refractivity contribution in [1.82, 2.24) is 0 Å². The molecule has 0 aromatic carbocycles. The number of nitrogens with zero attached hydrogens (tertiary/aromatic N) is 1. The fourth-order valence-corrected chi connectivity index (χ4v) is 0.565. The average molecular weight is 129 g/mol. The van der Waals surface area contributed by atoms with Crippen molar-refractivity contribution < 1.29 is 9.47 Å². The molecule has 3 heteroatoms. The molecule has 0 amide bonds. The molecule has 0 heterocycles. The minimum atomic E-state index is -0.394. The third-order valence-electron chi connectivity index (χ3n) is 1.08. The van der Waals surface area contributed by atoms with Crippen LogP contribution in [-0.2, 0) is 9.47 Å². The van der Waals surface area contributed by atoms with Gasteiger partial charge in [-0.2, -0.15) is 5.26 Å². The molecule has 0 saturated carbocycles. The lowest BCUT2D eigenvalue weighted by molar-refractivity contribution is -0.121. The molecular weight excluding hydrogens is 118 g/mol. The monoisotopic (exact) mass is 129 g/mol. The largest absolute Gasteiger partial charge is 0.355 e. The Kier molecular flexibility index (Phi) is 4.02. The summed E-state index contributed by atoms with van der Waals surface area (Å²) in [4.78, 5) is 0. The van der Waals surface area contributed by atoms with Gasteiger partial charge in [-0.3, -0.25) is 0 Å². The molecule has 3 nitrogen and oxygen atoms in total. The third-order valence-corrected chi connectivity index (χ3v) is 1.08. The zero-order chi connectivity index (χ0) is 7.28. The van der Waals surface area contributed by atoms with Crippen molar-refractivity contribution in [3.05, 3.63) is 0 Å². The quantitative estimate of drug-likeness (QED) is 0.528. The van der Waals surface area contributed by atoms with E-state index in [1.54, 1.807) is 6.92 Å². The van der Waals surface area contributed by atoms with Gasteiger partial charge in [-0.15, -0.1) is 0 Å². The summed E-state index contributed by atoms with van der Waals surface area (Å²) < 4.78 is 9.61. The maximum absolute atomic E-state index is 8.36. The second kappa shape index (κ2) is 4.30. The third kappa shape index (κ3) is 2.45. The van der Waals surface area contributed by atoms with Gasteiger partial charge in [-0.1, -0.05) is 0 Å². The lowest BCUT2D eigenvalue weighted by Crippen LogP contribution is -2.20. The van der Waals surface area contributed by atoms with Crippen LogP contribution in [0.25, 0.3) is 0 Å². The van der Waals surface area contributed by atoms with Crippen LogP contribution in [0.4, 0.5) is 0 Å². The average Bonchev–Trinajstić information content (AvgIpc) is 1.90. The van der Waals surface area contributed by atoms with E-state index in [4.69, 9.17) is 14.7 Å². The first-order valence-corrected chi connectivity index (χ1v) is 2.71. The highest BCUT2D eigenvalue weighted by Crippen LogP contribution is 2.04. The van der Waals surface area contributed by atoms with Crippen molar-refractivity contribution in [3.63, 3.8) is 0 Å². The first-order valence-electron chi connectivity index (χ1n) is 2.71. The van der Waals surface area contributed by atoms with Gasteiger partial charge in [0.05, 0.1) is 12.0 Å². The molecule has 9 heavy (non-hydrogen) atoms. The lowest BCUT2D eigenvalue weighted by Gasteiger charge is -2.13. The Morgan fingerprint density at radius 2 is 1.78 bits per heavy atom. The topological polar surface area (TPSA) is 42.2 Å². The van der Waals surface area contributed by atoms with E-state index in [1.807, 2.05) is 6.07 Å². The standard InChI is InChI=1S/C6H11NO2/c1-5(4-7)6(8-2)9-3/h5-6H,1-3H3/t5-/m1/s1. The second-order valence-corrected chi connectivity index (χ2v) is 1.76. The highest BCUT2D eigenvalue weighted by Gasteiger charge is 2.13. The molecule has 0 aliphatic heterocycles. The van der Waals surface area contributed by atoms with Crippen LogP contribution < -0.4 is 0 Å². The summed E-state index contributed by atoms with van der Waals surface area (Å²) in [5.41, 5.74) is 0. The van der Waals surface area contributed by atoms with Gasteiger partial charge in [0.2, 0.25) is 0 Å². The highest BCUT2D eigenvalue weighted by molar-refractivity contribution is 4.80. The summed E-state index contributed by atoms with van der Waals surface area (Å²) in [5.74, 6) is -0.208. The summed E-state index contributed by atoms with van der Waals surface area (Å²) in [7, 11) is 3.03. The molecule has 0 aromatic rings. The second-order valence-electron chi connectivity index (χ2n) is 1.76. The summed E-state index contributed by atoms with van der Waals surface area (Å²) in [5, 5.41) is 8.36. The van der Waals surface area contributed by atoms with E-state index in [2.05, 4.69) is 0 Å². The van der Waals surface area contributed by atoms with Gasteiger partial charge in [0.15, 0.2) is 6.29 Å². The Labute approximate surface area is 55.2 Å². The van der Waals surface area contributed by atoms with Crippen LogP contribution in [-0.4, -0.2) is 20.5 Å². The Bertz CT molecular complexity index is 104. The van der Waals surface area contributed by atoms with Gasteiger partial charge in [-0.05, 0) is 6.92 Å². The van der Waals surface area contributed by atoms with Gasteiger partial charge in [0, 0.05) is 14.2 Å². The molecule has 52 valence electrons. The van der Waals surface area contributed by atoms with Crippen molar-refractivity contribution in [3.8, 4) is 6.07 Å². The molecular formula is C6H11NO2. The molecule has 1 atom stereocenters. The predicted molar refractivity (Wildman–Crippen MR) is 32.6 cm³/mol. The molecule has 0 unspecified atom stereocenters. The van der Waals surface area contributed by atoms with Crippen LogP contribution in [0.5, 0.6) is 0 Å². The summed E-state index contributed by atoms with van der Waals surface area (Å²) in [6.45, 7) is 1.75. The van der Waals surface area contributed by atoms with Crippen LogP contribution in [0.15, 0.2) is 0 Å². The smallest absolute Gasteiger partial charge is 0.172 e. The molecule has 0 rings (SSSR count). The fraction of sp³-hybridized carbons (Fsp3) is 0.833. The van der Waals surface area contributed by atoms with E-state index < -0.39 is 6.29 Å². The molecule has 0 spiro atoms. The summed E-state index contributed by atoms with van der Waals surface area (Å²) in [6.07, 6.45) is -0.394. The number of hydrogen-bond acceptors (Lipinski definition) is 3. The number of rotatable bonds is 3. The number of hydrogen-bond donors (Lipinski definition) is 0. The van der Waals surface area contributed by atoms with Crippen molar-refractivity contribution in [2.75, 3.05) is 14.2 Å². The molecule has 0 aliphatic carbocycles. The van der Waals surface area contributed by atoms with Crippen LogP contribution in [0.2, 0.25) is 0 Å². The fourth-order valence-electron chi connectivity index (χ4n) is 0.565. The van der Waals surface area contributed by atoms with Crippen LogP contribution in [0.3, 0.4) is 0 Å². The van der Waals surface area contributed by atoms with Crippen molar-refractivity contribution in [2.45, 2.75) is 13.2 Å². The zero-order valence-corrected chi connectivity index (χ0v) is 5.92. The minimum absolute atomic E-state index is 0.208. The van der Waals surface area contributed by atoms with Crippen molar-refractivity contribution >= 4 is 0 Å². The van der Waals surface area contributed by atoms with E-state index in [0.717, 1.165) is 0 Å². The Balaban J connectivity index is 3.67. The van der Waals surface area contributed by atoms with Gasteiger partial charge < -0.3 is 9.47 Å². The van der Waals surface area contributed by atoms with E-state index in [1.165, 1.54) is 14.2 Å². The molecule has 0 aliphatic rings. The number of ether oxygens (including phenoxy) is 2. The minimum Gasteiger partial charge on any atom is -0.355 e. The van der Waals surface area contributed by atoms with E-state index >= 15 is 0 Å². The summed E-state index contributed by atoms with van der Waals surface area (Å²) in [6, 6.07) is 2.02. The molecule has 0 fully saturated rings.